The van der Waals surface area contributed by atoms with E-state index in [1.165, 1.54) is 89.9 Å². The number of ether oxygens (including phenoxy) is 1. The summed E-state index contributed by atoms with van der Waals surface area (Å²) >= 11 is 0. The average molecular weight is 522 g/mol. The zero-order valence-corrected chi connectivity index (χ0v) is 24.6. The fourth-order valence-corrected chi connectivity index (χ4v) is 4.49. The molecule has 210 valence electrons. The van der Waals surface area contributed by atoms with E-state index < -0.39 is 14.7 Å². The second-order valence-electron chi connectivity index (χ2n) is 10.8. The van der Waals surface area contributed by atoms with Gasteiger partial charge in [-0.1, -0.05) is 103 Å². The quantitative estimate of drug-likeness (QED) is 0.0748. The minimum Gasteiger partial charge on any atom is -0.444 e. The Morgan fingerprint density at radius 1 is 0.800 bits per heavy atom. The molecule has 35 heavy (non-hydrogen) atoms. The lowest BCUT2D eigenvalue weighted by Gasteiger charge is -2.24. The lowest BCUT2D eigenvalue weighted by Crippen LogP contribution is -2.37. The largest absolute Gasteiger partial charge is 0.444 e. The molecule has 0 saturated heterocycles. The van der Waals surface area contributed by atoms with Crippen molar-refractivity contribution in [3.8, 4) is 0 Å². The Morgan fingerprint density at radius 2 is 1.26 bits per heavy atom. The average Bonchev–Trinajstić information content (AvgIpc) is 2.81. The zero-order valence-electron chi connectivity index (χ0n) is 23.7. The molecule has 0 heterocycles. The van der Waals surface area contributed by atoms with Gasteiger partial charge in [0.2, 0.25) is 0 Å². The summed E-state index contributed by atoms with van der Waals surface area (Å²) in [5.41, 5.74) is 0. The van der Waals surface area contributed by atoms with Crippen LogP contribution < -0.4 is 5.32 Å². The fraction of sp³-hybridized carbons (Fsp3) is 0.963. The van der Waals surface area contributed by atoms with Crippen molar-refractivity contribution in [1.29, 1.82) is 0 Å². The van der Waals surface area contributed by atoms with Gasteiger partial charge in [0, 0.05) is 7.05 Å². The molecular weight excluding hydrogens is 463 g/mol. The number of amides is 1. The molecule has 0 bridgehead atoms. The van der Waals surface area contributed by atoms with Crippen molar-refractivity contribution < 1.29 is 28.0 Å². The predicted octanol–water partition coefficient (Wildman–Crippen LogP) is 7.32. The molecule has 0 aromatic heterocycles. The van der Waals surface area contributed by atoms with Crippen molar-refractivity contribution in [2.24, 2.45) is 0 Å². The van der Waals surface area contributed by atoms with Crippen LogP contribution in [-0.4, -0.2) is 69.5 Å². The molecule has 0 aliphatic rings. The molecule has 0 aromatic carbocycles. The summed E-state index contributed by atoms with van der Waals surface area (Å²) in [6.07, 6.45) is 21.1. The Labute approximate surface area is 218 Å². The summed E-state index contributed by atoms with van der Waals surface area (Å²) < 4.78 is 16.9. The van der Waals surface area contributed by atoms with E-state index in [-0.39, 0.29) is 12.7 Å². The van der Waals surface area contributed by atoms with Gasteiger partial charge in [0.05, 0.1) is 27.7 Å². The Morgan fingerprint density at radius 3 is 1.69 bits per heavy atom. The van der Waals surface area contributed by atoms with E-state index in [0.717, 1.165) is 30.3 Å². The number of carbonyl (C=O) groups excluding carboxylic acids is 1. The number of hydrogen-bond donors (Lipinski definition) is 2. The lowest BCUT2D eigenvalue weighted by atomic mass is 10.0. The normalized spacial score (nSPS) is 13.5. The molecule has 1 amide bonds. The molecule has 2 atom stereocenters. The van der Waals surface area contributed by atoms with E-state index in [2.05, 4.69) is 33.4 Å². The first-order valence-electron chi connectivity index (χ1n) is 14.2. The second-order valence-corrected chi connectivity index (χ2v) is 11.7. The van der Waals surface area contributed by atoms with Gasteiger partial charge in [0.25, 0.3) is 0 Å². The van der Waals surface area contributed by atoms with Gasteiger partial charge < -0.3 is 28.5 Å². The van der Waals surface area contributed by atoms with Crippen molar-refractivity contribution in [2.75, 3.05) is 47.9 Å². The molecule has 0 spiro atoms. The van der Waals surface area contributed by atoms with Gasteiger partial charge in [-0.25, -0.2) is 4.79 Å². The highest BCUT2D eigenvalue weighted by atomic mass is 31.2. The Balaban J connectivity index is 3.74. The second kappa shape index (κ2) is 23.9. The molecular formula is C27H58N2O5P+. The number of alkyl carbamates (subject to hydrolysis) is 1. The minimum atomic E-state index is -1.96. The SMILES string of the molecule is CCCCCCCCCCCCCCCCCCC(COP(O)OCC[N+](C)(C)C)OC(=O)NC. The van der Waals surface area contributed by atoms with Gasteiger partial charge in [-0.15, -0.1) is 0 Å². The van der Waals surface area contributed by atoms with E-state index in [4.69, 9.17) is 13.8 Å². The first-order valence-corrected chi connectivity index (χ1v) is 15.3. The van der Waals surface area contributed by atoms with Crippen LogP contribution in [0.3, 0.4) is 0 Å². The Bertz CT molecular complexity index is 477. The summed E-state index contributed by atoms with van der Waals surface area (Å²) in [7, 11) is 5.78. The topological polar surface area (TPSA) is 77.0 Å². The van der Waals surface area contributed by atoms with Crippen LogP contribution in [0.25, 0.3) is 0 Å². The molecule has 0 fully saturated rings. The van der Waals surface area contributed by atoms with Crippen molar-refractivity contribution in [3.05, 3.63) is 0 Å². The maximum atomic E-state index is 11.6. The van der Waals surface area contributed by atoms with E-state index in [1.807, 2.05) is 0 Å². The number of nitrogens with one attached hydrogen (secondary N) is 1. The third-order valence-corrected chi connectivity index (χ3v) is 6.97. The summed E-state index contributed by atoms with van der Waals surface area (Å²) in [5, 5.41) is 2.48. The number of quaternary nitrogens is 1. The maximum absolute atomic E-state index is 11.6. The zero-order chi connectivity index (χ0) is 26.2. The number of unbranched alkanes of at least 4 members (excludes halogenated alkanes) is 15. The van der Waals surface area contributed by atoms with Crippen molar-refractivity contribution in [1.82, 2.24) is 5.32 Å². The Kier molecular flexibility index (Phi) is 23.6. The van der Waals surface area contributed by atoms with Crippen molar-refractivity contribution in [3.63, 3.8) is 0 Å². The molecule has 0 radical (unpaired) electrons. The fourth-order valence-electron chi connectivity index (χ4n) is 3.88. The maximum Gasteiger partial charge on any atom is 0.407 e. The Hall–Kier alpha value is -0.460. The van der Waals surface area contributed by atoms with Gasteiger partial charge >= 0.3 is 14.7 Å². The van der Waals surface area contributed by atoms with Crippen LogP contribution in [0.2, 0.25) is 0 Å². The molecule has 2 unspecified atom stereocenters. The summed E-state index contributed by atoms with van der Waals surface area (Å²) in [5.74, 6) is 0. The highest BCUT2D eigenvalue weighted by Crippen LogP contribution is 2.33. The van der Waals surface area contributed by atoms with Crippen LogP contribution >= 0.6 is 8.60 Å². The van der Waals surface area contributed by atoms with E-state index >= 15 is 0 Å². The third kappa shape index (κ3) is 26.4. The molecule has 0 aromatic rings. The summed E-state index contributed by atoms with van der Waals surface area (Å²) in [6.45, 7) is 3.63. The van der Waals surface area contributed by atoms with Gasteiger partial charge in [0.15, 0.2) is 0 Å². The number of hydrogen-bond acceptors (Lipinski definition) is 5. The van der Waals surface area contributed by atoms with Crippen LogP contribution in [0.4, 0.5) is 4.79 Å². The van der Waals surface area contributed by atoms with Crippen LogP contribution in [-0.2, 0) is 13.8 Å². The molecule has 7 nitrogen and oxygen atoms in total. The van der Waals surface area contributed by atoms with Crippen LogP contribution in [0.1, 0.15) is 116 Å². The molecule has 0 aliphatic heterocycles. The van der Waals surface area contributed by atoms with Crippen LogP contribution in [0.15, 0.2) is 0 Å². The number of rotatable bonds is 25. The summed E-state index contributed by atoms with van der Waals surface area (Å²) in [4.78, 5) is 21.6. The van der Waals surface area contributed by atoms with E-state index in [1.54, 1.807) is 7.05 Å². The van der Waals surface area contributed by atoms with Crippen molar-refractivity contribution >= 4 is 14.7 Å². The highest BCUT2D eigenvalue weighted by molar-refractivity contribution is 7.40. The molecule has 2 N–H and O–H groups in total. The highest BCUT2D eigenvalue weighted by Gasteiger charge is 2.18. The van der Waals surface area contributed by atoms with Gasteiger partial charge in [0.1, 0.15) is 19.3 Å². The number of nitrogens with zero attached hydrogens (tertiary/aromatic N) is 1. The first-order chi connectivity index (χ1) is 16.8. The standard InChI is InChI=1S/C27H57N2O5P/c1-6-7-8-9-10-11-12-13-14-15-16-17-18-19-20-21-22-26(34-27(30)28-2)25-33-35(31)32-24-23-29(3,4)5/h26,31H,6-25H2,1-5H3/p+1. The minimum absolute atomic E-state index is 0.152. The van der Waals surface area contributed by atoms with Crippen LogP contribution in [0.5, 0.6) is 0 Å². The summed E-state index contributed by atoms with van der Waals surface area (Å²) in [6, 6.07) is 0. The van der Waals surface area contributed by atoms with E-state index in [9.17, 15) is 9.69 Å². The van der Waals surface area contributed by atoms with Crippen molar-refractivity contribution in [2.45, 2.75) is 122 Å². The monoisotopic (exact) mass is 521 g/mol. The van der Waals surface area contributed by atoms with Gasteiger partial charge in [-0.05, 0) is 12.8 Å². The molecule has 8 heteroatoms. The molecule has 0 rings (SSSR count). The third-order valence-electron chi connectivity index (χ3n) is 6.19. The number of carbonyl (C=O) groups is 1. The molecule has 0 aliphatic carbocycles. The van der Waals surface area contributed by atoms with Gasteiger partial charge in [-0.2, -0.15) is 0 Å². The predicted molar refractivity (Wildman–Crippen MR) is 147 cm³/mol. The molecule has 0 saturated carbocycles. The first kappa shape index (κ1) is 34.5. The lowest BCUT2D eigenvalue weighted by molar-refractivity contribution is -0.870. The smallest absolute Gasteiger partial charge is 0.407 e. The van der Waals surface area contributed by atoms with E-state index in [0.29, 0.717) is 6.61 Å². The van der Waals surface area contributed by atoms with Gasteiger partial charge in [-0.3, -0.25) is 0 Å². The van der Waals surface area contributed by atoms with Crippen LogP contribution in [0, 0.1) is 0 Å². The number of likely N-dealkylation sites (N-methyl/N-ethyl adjacent to an activating group) is 1.